The van der Waals surface area contributed by atoms with Gasteiger partial charge in [-0.3, -0.25) is 10.1 Å². The highest BCUT2D eigenvalue weighted by Gasteiger charge is 2.19. The number of nitro groups is 1. The SMILES string of the molecule is Nc1cc([N+](=O)[O-])ccc1S(=O)(=O)NCCc1cccs1. The summed E-state index contributed by atoms with van der Waals surface area (Å²) in [6.07, 6.45) is 0.573. The van der Waals surface area contributed by atoms with E-state index in [2.05, 4.69) is 4.72 Å². The summed E-state index contributed by atoms with van der Waals surface area (Å²) in [5.74, 6) is 0. The fraction of sp³-hybridized carbons (Fsp3) is 0.167. The van der Waals surface area contributed by atoms with Gasteiger partial charge in [-0.15, -0.1) is 11.3 Å². The Morgan fingerprint density at radius 3 is 2.67 bits per heavy atom. The van der Waals surface area contributed by atoms with E-state index in [0.29, 0.717) is 6.42 Å². The Labute approximate surface area is 125 Å². The number of sulfonamides is 1. The van der Waals surface area contributed by atoms with E-state index in [-0.39, 0.29) is 22.8 Å². The van der Waals surface area contributed by atoms with Crippen LogP contribution in [0.1, 0.15) is 4.88 Å². The lowest BCUT2D eigenvalue weighted by atomic mass is 10.3. The molecule has 0 bridgehead atoms. The summed E-state index contributed by atoms with van der Waals surface area (Å²) >= 11 is 1.54. The standard InChI is InChI=1S/C12H13N3O4S2/c13-11-8-9(15(16)17)3-4-12(11)21(18,19)14-6-5-10-2-1-7-20-10/h1-4,7-8,14H,5-6,13H2. The van der Waals surface area contributed by atoms with Gasteiger partial charge in [0.1, 0.15) is 4.90 Å². The van der Waals surface area contributed by atoms with Crippen molar-refractivity contribution in [2.75, 3.05) is 12.3 Å². The van der Waals surface area contributed by atoms with E-state index in [4.69, 9.17) is 5.73 Å². The number of non-ortho nitro benzene ring substituents is 1. The molecule has 0 saturated heterocycles. The second kappa shape index (κ2) is 6.20. The minimum absolute atomic E-state index is 0.146. The molecule has 21 heavy (non-hydrogen) atoms. The van der Waals surface area contributed by atoms with Gasteiger partial charge in [0.15, 0.2) is 0 Å². The monoisotopic (exact) mass is 327 g/mol. The van der Waals surface area contributed by atoms with Gasteiger partial charge in [0.2, 0.25) is 10.0 Å². The fourth-order valence-electron chi connectivity index (χ4n) is 1.74. The Morgan fingerprint density at radius 2 is 2.10 bits per heavy atom. The molecule has 0 aliphatic heterocycles. The highest BCUT2D eigenvalue weighted by Crippen LogP contribution is 2.23. The lowest BCUT2D eigenvalue weighted by Crippen LogP contribution is -2.26. The first-order valence-corrected chi connectivity index (χ1v) is 8.32. The highest BCUT2D eigenvalue weighted by atomic mass is 32.2. The van der Waals surface area contributed by atoms with Crippen LogP contribution >= 0.6 is 11.3 Å². The molecule has 2 rings (SSSR count). The zero-order valence-electron chi connectivity index (χ0n) is 10.9. The molecule has 0 amide bonds. The number of hydrogen-bond acceptors (Lipinski definition) is 6. The van der Waals surface area contributed by atoms with Gasteiger partial charge in [0.25, 0.3) is 5.69 Å². The van der Waals surface area contributed by atoms with E-state index in [1.165, 1.54) is 0 Å². The minimum atomic E-state index is -3.78. The summed E-state index contributed by atoms with van der Waals surface area (Å²) in [6.45, 7) is 0.235. The van der Waals surface area contributed by atoms with Crippen LogP contribution in [0.3, 0.4) is 0 Å². The lowest BCUT2D eigenvalue weighted by Gasteiger charge is -2.08. The summed E-state index contributed by atoms with van der Waals surface area (Å²) < 4.78 is 26.6. The molecule has 9 heteroatoms. The number of rotatable bonds is 6. The van der Waals surface area contributed by atoms with Gasteiger partial charge in [0, 0.05) is 23.6 Å². The molecule has 0 fully saturated rings. The van der Waals surface area contributed by atoms with Crippen LogP contribution in [0, 0.1) is 10.1 Å². The topological polar surface area (TPSA) is 115 Å². The summed E-state index contributed by atoms with van der Waals surface area (Å²) in [5, 5.41) is 12.5. The largest absolute Gasteiger partial charge is 0.397 e. The molecular weight excluding hydrogens is 314 g/mol. The molecule has 0 atom stereocenters. The van der Waals surface area contributed by atoms with E-state index in [9.17, 15) is 18.5 Å². The number of nitrogens with two attached hydrogens (primary N) is 1. The molecule has 1 aromatic carbocycles. The quantitative estimate of drug-likeness (QED) is 0.476. The van der Waals surface area contributed by atoms with Crippen molar-refractivity contribution in [3.05, 3.63) is 50.7 Å². The summed E-state index contributed by atoms with van der Waals surface area (Å²) in [6, 6.07) is 7.10. The third-order valence-electron chi connectivity index (χ3n) is 2.74. The molecule has 1 heterocycles. The highest BCUT2D eigenvalue weighted by molar-refractivity contribution is 7.89. The van der Waals surface area contributed by atoms with Crippen molar-refractivity contribution >= 4 is 32.7 Å². The lowest BCUT2D eigenvalue weighted by molar-refractivity contribution is -0.384. The Balaban J connectivity index is 2.10. The number of nitrogen functional groups attached to an aromatic ring is 1. The molecule has 0 radical (unpaired) electrons. The van der Waals surface area contributed by atoms with Crippen LogP contribution in [-0.4, -0.2) is 19.9 Å². The van der Waals surface area contributed by atoms with E-state index in [1.807, 2.05) is 17.5 Å². The number of anilines is 1. The normalized spacial score (nSPS) is 11.4. The Morgan fingerprint density at radius 1 is 1.33 bits per heavy atom. The predicted octanol–water partition coefficient (Wildman–Crippen LogP) is 1.76. The molecule has 0 spiro atoms. The predicted molar refractivity (Wildman–Crippen MR) is 80.7 cm³/mol. The van der Waals surface area contributed by atoms with Crippen molar-refractivity contribution in [2.24, 2.45) is 0 Å². The van der Waals surface area contributed by atoms with Gasteiger partial charge >= 0.3 is 0 Å². The molecule has 2 aromatic rings. The second-order valence-corrected chi connectivity index (χ2v) is 6.97. The summed E-state index contributed by atoms with van der Waals surface area (Å²) in [4.78, 5) is 10.9. The summed E-state index contributed by atoms with van der Waals surface area (Å²) in [5.41, 5.74) is 5.20. The molecule has 0 saturated carbocycles. The number of hydrogen-bond donors (Lipinski definition) is 2. The van der Waals surface area contributed by atoms with E-state index in [0.717, 1.165) is 23.1 Å². The van der Waals surface area contributed by atoms with Crippen molar-refractivity contribution in [3.63, 3.8) is 0 Å². The maximum Gasteiger partial charge on any atom is 0.271 e. The first-order chi connectivity index (χ1) is 9.90. The average Bonchev–Trinajstić information content (AvgIpc) is 2.91. The second-order valence-electron chi connectivity index (χ2n) is 4.21. The van der Waals surface area contributed by atoms with Gasteiger partial charge < -0.3 is 5.73 Å². The maximum atomic E-state index is 12.1. The Bertz CT molecular complexity index is 742. The molecule has 1 aromatic heterocycles. The summed E-state index contributed by atoms with van der Waals surface area (Å²) in [7, 11) is -3.78. The third kappa shape index (κ3) is 3.78. The van der Waals surface area contributed by atoms with Gasteiger partial charge in [0.05, 0.1) is 10.6 Å². The minimum Gasteiger partial charge on any atom is -0.397 e. The van der Waals surface area contributed by atoms with Crippen LogP contribution in [-0.2, 0) is 16.4 Å². The average molecular weight is 327 g/mol. The van der Waals surface area contributed by atoms with Crippen LogP contribution in [0.2, 0.25) is 0 Å². The number of thiophene rings is 1. The smallest absolute Gasteiger partial charge is 0.271 e. The number of benzene rings is 1. The van der Waals surface area contributed by atoms with Crippen molar-refractivity contribution in [1.29, 1.82) is 0 Å². The van der Waals surface area contributed by atoms with Gasteiger partial charge in [-0.05, 0) is 23.9 Å². The van der Waals surface area contributed by atoms with Crippen molar-refractivity contribution in [3.8, 4) is 0 Å². The molecular formula is C12H13N3O4S2. The van der Waals surface area contributed by atoms with Crippen molar-refractivity contribution in [1.82, 2.24) is 4.72 Å². The van der Waals surface area contributed by atoms with E-state index >= 15 is 0 Å². The zero-order chi connectivity index (χ0) is 15.5. The first-order valence-electron chi connectivity index (χ1n) is 5.96. The number of nitrogens with zero attached hydrogens (tertiary/aromatic N) is 1. The van der Waals surface area contributed by atoms with Crippen LogP contribution in [0.15, 0.2) is 40.6 Å². The molecule has 0 unspecified atom stereocenters. The third-order valence-corrected chi connectivity index (χ3v) is 5.21. The molecule has 7 nitrogen and oxygen atoms in total. The first kappa shape index (κ1) is 15.4. The van der Waals surface area contributed by atoms with Crippen LogP contribution in [0.4, 0.5) is 11.4 Å². The molecule has 112 valence electrons. The van der Waals surface area contributed by atoms with Crippen LogP contribution < -0.4 is 10.5 Å². The van der Waals surface area contributed by atoms with E-state index < -0.39 is 14.9 Å². The van der Waals surface area contributed by atoms with Crippen LogP contribution in [0.5, 0.6) is 0 Å². The van der Waals surface area contributed by atoms with Gasteiger partial charge in [-0.2, -0.15) is 0 Å². The van der Waals surface area contributed by atoms with Gasteiger partial charge in [-0.25, -0.2) is 13.1 Å². The maximum absolute atomic E-state index is 12.1. The van der Waals surface area contributed by atoms with Crippen molar-refractivity contribution < 1.29 is 13.3 Å². The Kier molecular flexibility index (Phi) is 4.56. The molecule has 0 aliphatic carbocycles. The molecule has 0 aliphatic rings. The number of nitrogens with one attached hydrogen (secondary N) is 1. The van der Waals surface area contributed by atoms with E-state index in [1.54, 1.807) is 11.3 Å². The Hall–Kier alpha value is -1.97. The van der Waals surface area contributed by atoms with Gasteiger partial charge in [-0.1, -0.05) is 6.07 Å². The van der Waals surface area contributed by atoms with Crippen molar-refractivity contribution in [2.45, 2.75) is 11.3 Å². The molecule has 3 N–H and O–H groups in total. The number of nitro benzene ring substituents is 1. The fourth-order valence-corrected chi connectivity index (χ4v) is 3.59. The van der Waals surface area contributed by atoms with Crippen LogP contribution in [0.25, 0.3) is 0 Å². The zero-order valence-corrected chi connectivity index (χ0v) is 12.5.